The molecule has 0 unspecified atom stereocenters. The lowest BCUT2D eigenvalue weighted by atomic mass is 10.5. The summed E-state index contributed by atoms with van der Waals surface area (Å²) in [4.78, 5) is 1.06. The van der Waals surface area contributed by atoms with Crippen LogP contribution >= 0.6 is 11.3 Å². The maximum atomic E-state index is 5.46. The molecule has 72 valence electrons. The molecular formula is C7H8N6S. The molecule has 2 heterocycles. The van der Waals surface area contributed by atoms with E-state index in [2.05, 4.69) is 20.7 Å². The minimum Gasteiger partial charge on any atom is -0.335 e. The molecule has 3 N–H and O–H groups in total. The summed E-state index contributed by atoms with van der Waals surface area (Å²) in [6, 6.07) is 3.92. The first-order valence-corrected chi connectivity index (χ1v) is 4.72. The first-order chi connectivity index (χ1) is 6.86. The summed E-state index contributed by atoms with van der Waals surface area (Å²) in [5.41, 5.74) is 2.67. The number of nitrogens with two attached hydrogens (primary N) is 1. The van der Waals surface area contributed by atoms with E-state index in [-0.39, 0.29) is 0 Å². The molecule has 0 saturated carbocycles. The molecule has 2 rings (SSSR count). The molecule has 6 nitrogen and oxygen atoms in total. The van der Waals surface area contributed by atoms with Crippen LogP contribution in [0.1, 0.15) is 4.88 Å². The molecule has 2 aromatic rings. The molecule has 0 spiro atoms. The Labute approximate surface area is 84.0 Å². The number of rotatable bonds is 3. The fourth-order valence-corrected chi connectivity index (χ4v) is 1.43. The van der Waals surface area contributed by atoms with Gasteiger partial charge in [-0.1, -0.05) is 6.07 Å². The predicted octanol–water partition coefficient (Wildman–Crippen LogP) is 0.499. The Morgan fingerprint density at radius 1 is 1.64 bits per heavy atom. The predicted molar refractivity (Wildman–Crippen MR) is 55.7 cm³/mol. The molecule has 7 heteroatoms. The molecule has 0 aromatic carbocycles. The van der Waals surface area contributed by atoms with E-state index in [0.29, 0.717) is 5.95 Å². The summed E-state index contributed by atoms with van der Waals surface area (Å²) in [6.45, 7) is 0. The number of anilines is 1. The van der Waals surface area contributed by atoms with Crippen LogP contribution in [-0.4, -0.2) is 21.1 Å². The maximum Gasteiger partial charge on any atom is 0.263 e. The van der Waals surface area contributed by atoms with E-state index >= 15 is 0 Å². The highest BCUT2D eigenvalue weighted by atomic mass is 32.1. The van der Waals surface area contributed by atoms with E-state index in [4.69, 9.17) is 5.84 Å². The smallest absolute Gasteiger partial charge is 0.263 e. The van der Waals surface area contributed by atoms with Crippen molar-refractivity contribution in [2.75, 3.05) is 11.3 Å². The summed E-state index contributed by atoms with van der Waals surface area (Å²) >= 11 is 1.60. The molecule has 0 aliphatic carbocycles. The molecule has 0 saturated heterocycles. The highest BCUT2D eigenvalue weighted by Gasteiger charge is 1.96. The van der Waals surface area contributed by atoms with Gasteiger partial charge in [-0.15, -0.1) is 21.5 Å². The maximum absolute atomic E-state index is 5.46. The largest absolute Gasteiger partial charge is 0.335 e. The third-order valence-corrected chi connectivity index (χ3v) is 2.28. The Morgan fingerprint density at radius 3 is 3.21 bits per heavy atom. The normalized spacial score (nSPS) is 10.9. The quantitative estimate of drug-likeness (QED) is 0.437. The summed E-state index contributed by atoms with van der Waals surface area (Å²) < 4.78 is 1.26. The molecule has 0 atom stereocenters. The van der Waals surface area contributed by atoms with Gasteiger partial charge in [0, 0.05) is 4.88 Å². The Bertz CT molecular complexity index is 417. The van der Waals surface area contributed by atoms with E-state index in [1.54, 1.807) is 17.6 Å². The van der Waals surface area contributed by atoms with Gasteiger partial charge in [-0.05, 0) is 11.4 Å². The minimum atomic E-state index is 0.401. The molecule has 0 aliphatic heterocycles. The average molecular weight is 208 g/mol. The first-order valence-electron chi connectivity index (χ1n) is 3.84. The summed E-state index contributed by atoms with van der Waals surface area (Å²) in [6.07, 6.45) is 3.09. The van der Waals surface area contributed by atoms with Crippen molar-refractivity contribution < 1.29 is 0 Å². The van der Waals surface area contributed by atoms with Gasteiger partial charge >= 0.3 is 0 Å². The van der Waals surface area contributed by atoms with E-state index in [1.807, 2.05) is 17.5 Å². The van der Waals surface area contributed by atoms with Crippen LogP contribution in [0.2, 0.25) is 0 Å². The van der Waals surface area contributed by atoms with Gasteiger partial charge in [-0.25, -0.2) is 10.1 Å². The Kier molecular flexibility index (Phi) is 2.41. The molecule has 0 bridgehead atoms. The number of hydrogen-bond acceptors (Lipinski definition) is 6. The molecular weight excluding hydrogens is 200 g/mol. The highest BCUT2D eigenvalue weighted by molar-refractivity contribution is 7.11. The van der Waals surface area contributed by atoms with Crippen LogP contribution in [0.5, 0.6) is 0 Å². The first kappa shape index (κ1) is 8.70. The standard InChI is InChI=1S/C7H8N6S/c8-13-5-10-12-7(13)11-9-4-6-2-1-3-14-6/h1-5H,8H2,(H,11,12)/b9-4-. The van der Waals surface area contributed by atoms with Crippen molar-refractivity contribution in [3.63, 3.8) is 0 Å². The molecule has 0 amide bonds. The molecule has 0 aliphatic rings. The van der Waals surface area contributed by atoms with Crippen LogP contribution in [0.25, 0.3) is 0 Å². The third kappa shape index (κ3) is 1.88. The van der Waals surface area contributed by atoms with Gasteiger partial charge in [0.05, 0.1) is 6.21 Å². The van der Waals surface area contributed by atoms with Crippen molar-refractivity contribution in [1.82, 2.24) is 14.9 Å². The summed E-state index contributed by atoms with van der Waals surface area (Å²) in [5, 5.41) is 13.2. The SMILES string of the molecule is Nn1cnnc1N/N=C\c1cccs1. The second-order valence-corrected chi connectivity index (χ2v) is 3.43. The lowest BCUT2D eigenvalue weighted by Gasteiger charge is -1.95. The van der Waals surface area contributed by atoms with Gasteiger partial charge in [0.25, 0.3) is 5.95 Å². The zero-order valence-corrected chi connectivity index (χ0v) is 7.98. The molecule has 0 fully saturated rings. The van der Waals surface area contributed by atoms with E-state index < -0.39 is 0 Å². The monoisotopic (exact) mass is 208 g/mol. The molecule has 2 aromatic heterocycles. The highest BCUT2D eigenvalue weighted by Crippen LogP contribution is 2.04. The van der Waals surface area contributed by atoms with Gasteiger partial charge < -0.3 is 5.84 Å². The van der Waals surface area contributed by atoms with Crippen LogP contribution < -0.4 is 11.3 Å². The molecule has 14 heavy (non-hydrogen) atoms. The minimum absolute atomic E-state index is 0.401. The van der Waals surface area contributed by atoms with E-state index in [1.165, 1.54) is 11.0 Å². The lowest BCUT2D eigenvalue weighted by molar-refractivity contribution is 0.988. The fourth-order valence-electron chi connectivity index (χ4n) is 0.841. The number of hydrazone groups is 1. The van der Waals surface area contributed by atoms with Crippen molar-refractivity contribution >= 4 is 23.5 Å². The number of nitrogen functional groups attached to an aromatic ring is 1. The Balaban J connectivity index is 1.98. The summed E-state index contributed by atoms with van der Waals surface area (Å²) in [5.74, 6) is 5.86. The second kappa shape index (κ2) is 3.88. The fraction of sp³-hybridized carbons (Fsp3) is 0. The topological polar surface area (TPSA) is 81.1 Å². The van der Waals surface area contributed by atoms with Crippen molar-refractivity contribution in [2.24, 2.45) is 5.10 Å². The van der Waals surface area contributed by atoms with E-state index in [0.717, 1.165) is 4.88 Å². The second-order valence-electron chi connectivity index (χ2n) is 2.45. The van der Waals surface area contributed by atoms with Gasteiger partial charge in [0.15, 0.2) is 0 Å². The zero-order valence-electron chi connectivity index (χ0n) is 7.16. The average Bonchev–Trinajstić information content (AvgIpc) is 2.78. The van der Waals surface area contributed by atoms with Gasteiger partial charge in [0.1, 0.15) is 6.33 Å². The molecule has 0 radical (unpaired) electrons. The van der Waals surface area contributed by atoms with E-state index in [9.17, 15) is 0 Å². The zero-order chi connectivity index (χ0) is 9.80. The van der Waals surface area contributed by atoms with Crippen LogP contribution in [0, 0.1) is 0 Å². The van der Waals surface area contributed by atoms with Crippen molar-refractivity contribution in [2.45, 2.75) is 0 Å². The number of hydrogen-bond donors (Lipinski definition) is 2. The van der Waals surface area contributed by atoms with Gasteiger partial charge in [-0.2, -0.15) is 5.10 Å². The Hall–Kier alpha value is -1.89. The number of aromatic nitrogens is 3. The van der Waals surface area contributed by atoms with Gasteiger partial charge in [-0.3, -0.25) is 0 Å². The van der Waals surface area contributed by atoms with Gasteiger partial charge in [0.2, 0.25) is 0 Å². The van der Waals surface area contributed by atoms with Crippen LogP contribution in [0.15, 0.2) is 28.9 Å². The third-order valence-electron chi connectivity index (χ3n) is 1.47. The van der Waals surface area contributed by atoms with Crippen molar-refractivity contribution in [3.8, 4) is 0 Å². The summed E-state index contributed by atoms with van der Waals surface area (Å²) in [7, 11) is 0. The van der Waals surface area contributed by atoms with Crippen molar-refractivity contribution in [1.29, 1.82) is 0 Å². The van der Waals surface area contributed by atoms with Crippen LogP contribution in [0.4, 0.5) is 5.95 Å². The number of nitrogens with zero attached hydrogens (tertiary/aromatic N) is 4. The Morgan fingerprint density at radius 2 is 2.57 bits per heavy atom. The lowest BCUT2D eigenvalue weighted by Crippen LogP contribution is -2.10. The van der Waals surface area contributed by atoms with Crippen LogP contribution in [0.3, 0.4) is 0 Å². The van der Waals surface area contributed by atoms with Crippen molar-refractivity contribution in [3.05, 3.63) is 28.7 Å². The van der Waals surface area contributed by atoms with Crippen LogP contribution in [-0.2, 0) is 0 Å². The number of thiophene rings is 1. The number of nitrogens with one attached hydrogen (secondary N) is 1.